The Morgan fingerprint density at radius 2 is 1.41 bits per heavy atom. The first-order valence-electron chi connectivity index (χ1n) is 6.89. The number of aryl methyl sites for hydroxylation is 1. The van der Waals surface area contributed by atoms with Gasteiger partial charge in [-0.2, -0.15) is 8.42 Å². The summed E-state index contributed by atoms with van der Waals surface area (Å²) >= 11 is 0. The summed E-state index contributed by atoms with van der Waals surface area (Å²) in [5.74, 6) is 0.358. The van der Waals surface area contributed by atoms with E-state index in [4.69, 9.17) is 17.5 Å². The molecular formula is C16H20O5S. The summed E-state index contributed by atoms with van der Waals surface area (Å²) in [5, 5.41) is 9.91. The van der Waals surface area contributed by atoms with Crippen LogP contribution in [0.25, 0.3) is 11.1 Å². The molecule has 0 atom stereocenters. The minimum Gasteiger partial charge on any atom is -0.507 e. The highest BCUT2D eigenvalue weighted by Gasteiger charge is 2.07. The Morgan fingerprint density at radius 3 is 1.95 bits per heavy atom. The zero-order chi connectivity index (χ0) is 16.6. The van der Waals surface area contributed by atoms with E-state index in [1.807, 2.05) is 24.3 Å². The molecule has 0 aliphatic carbocycles. The van der Waals surface area contributed by atoms with Crippen LogP contribution in [0.15, 0.2) is 48.5 Å². The van der Waals surface area contributed by atoms with Crippen molar-refractivity contribution in [1.29, 1.82) is 0 Å². The van der Waals surface area contributed by atoms with E-state index in [9.17, 15) is 5.11 Å². The third-order valence-corrected chi connectivity index (χ3v) is 3.01. The summed E-state index contributed by atoms with van der Waals surface area (Å²) in [4.78, 5) is 0. The molecule has 22 heavy (non-hydrogen) atoms. The van der Waals surface area contributed by atoms with Crippen LogP contribution < -0.4 is 0 Å². The van der Waals surface area contributed by atoms with Gasteiger partial charge in [0, 0.05) is 5.56 Å². The minimum absolute atomic E-state index is 0.358. The highest BCUT2D eigenvalue weighted by Crippen LogP contribution is 2.31. The zero-order valence-electron chi connectivity index (χ0n) is 12.3. The molecule has 0 radical (unpaired) electrons. The van der Waals surface area contributed by atoms with Gasteiger partial charge in [-0.05, 0) is 30.0 Å². The van der Waals surface area contributed by atoms with Crippen molar-refractivity contribution in [3.8, 4) is 16.9 Å². The van der Waals surface area contributed by atoms with Crippen LogP contribution in [0.4, 0.5) is 0 Å². The number of phenolic OH excluding ortho intramolecular Hbond substituents is 1. The van der Waals surface area contributed by atoms with Crippen LogP contribution in [0.1, 0.15) is 25.3 Å². The first-order valence-corrected chi connectivity index (χ1v) is 8.28. The number of hydrogen-bond donors (Lipinski definition) is 3. The summed E-state index contributed by atoms with van der Waals surface area (Å²) in [6, 6.07) is 15.9. The quantitative estimate of drug-likeness (QED) is 0.745. The number of aromatic hydroxyl groups is 1. The van der Waals surface area contributed by atoms with Crippen molar-refractivity contribution in [3.05, 3.63) is 54.1 Å². The Bertz CT molecular complexity index is 687. The number of benzene rings is 2. The van der Waals surface area contributed by atoms with Crippen molar-refractivity contribution in [3.63, 3.8) is 0 Å². The van der Waals surface area contributed by atoms with Crippen molar-refractivity contribution in [2.24, 2.45) is 0 Å². The maximum absolute atomic E-state index is 9.91. The maximum Gasteiger partial charge on any atom is 0.394 e. The van der Waals surface area contributed by atoms with Crippen LogP contribution in [0.3, 0.4) is 0 Å². The summed E-state index contributed by atoms with van der Waals surface area (Å²) in [6.45, 7) is 2.20. The lowest BCUT2D eigenvalue weighted by molar-refractivity contribution is 0.381. The molecule has 0 saturated heterocycles. The molecule has 0 bridgehead atoms. The monoisotopic (exact) mass is 324 g/mol. The molecule has 0 aliphatic rings. The molecule has 0 unspecified atom stereocenters. The molecule has 2 aromatic carbocycles. The van der Waals surface area contributed by atoms with Gasteiger partial charge < -0.3 is 5.11 Å². The van der Waals surface area contributed by atoms with E-state index in [-0.39, 0.29) is 0 Å². The van der Waals surface area contributed by atoms with Gasteiger partial charge in [0.1, 0.15) is 5.75 Å². The smallest absolute Gasteiger partial charge is 0.394 e. The second kappa shape index (κ2) is 8.53. The predicted octanol–water partition coefficient (Wildman–Crippen LogP) is 3.75. The molecule has 0 amide bonds. The van der Waals surface area contributed by atoms with Gasteiger partial charge in [0.15, 0.2) is 0 Å². The first-order chi connectivity index (χ1) is 10.3. The molecule has 0 aliphatic heterocycles. The van der Waals surface area contributed by atoms with E-state index >= 15 is 0 Å². The Morgan fingerprint density at radius 1 is 0.909 bits per heavy atom. The van der Waals surface area contributed by atoms with Gasteiger partial charge in [-0.15, -0.1) is 0 Å². The Labute approximate surface area is 130 Å². The van der Waals surface area contributed by atoms with Gasteiger partial charge in [-0.1, -0.05) is 55.8 Å². The van der Waals surface area contributed by atoms with E-state index in [1.165, 1.54) is 18.4 Å². The molecule has 120 valence electrons. The van der Waals surface area contributed by atoms with Crippen LogP contribution in [0.5, 0.6) is 5.75 Å². The van der Waals surface area contributed by atoms with Crippen LogP contribution in [0.2, 0.25) is 0 Å². The number of hydrogen-bond acceptors (Lipinski definition) is 3. The van der Waals surface area contributed by atoms with Crippen LogP contribution in [0, 0.1) is 0 Å². The molecule has 5 nitrogen and oxygen atoms in total. The largest absolute Gasteiger partial charge is 0.507 e. The standard InChI is InChI=1S/C16H18O.H2O4S/c1-2-3-8-13-9-4-5-10-14(13)15-11-6-7-12-16(15)17;1-5(2,3)4/h4-7,9-12,17H,2-3,8H2,1H3;(H2,1,2,3,4). The fourth-order valence-corrected chi connectivity index (χ4v) is 2.07. The summed E-state index contributed by atoms with van der Waals surface area (Å²) in [6.07, 6.45) is 3.45. The summed E-state index contributed by atoms with van der Waals surface area (Å²) < 4.78 is 31.6. The molecule has 2 rings (SSSR count). The number of unbranched alkanes of at least 4 members (excludes halogenated alkanes) is 1. The van der Waals surface area contributed by atoms with E-state index in [0.717, 1.165) is 17.5 Å². The number of phenols is 1. The summed E-state index contributed by atoms with van der Waals surface area (Å²) in [5.41, 5.74) is 3.40. The molecule has 3 N–H and O–H groups in total. The average Bonchev–Trinajstić information content (AvgIpc) is 2.44. The van der Waals surface area contributed by atoms with E-state index in [1.54, 1.807) is 6.07 Å². The average molecular weight is 324 g/mol. The van der Waals surface area contributed by atoms with E-state index in [2.05, 4.69) is 25.1 Å². The number of para-hydroxylation sites is 1. The second-order valence-corrected chi connectivity index (χ2v) is 5.62. The van der Waals surface area contributed by atoms with Crippen LogP contribution in [-0.4, -0.2) is 22.6 Å². The molecule has 0 saturated carbocycles. The topological polar surface area (TPSA) is 94.8 Å². The third kappa shape index (κ3) is 6.71. The van der Waals surface area contributed by atoms with Gasteiger partial charge in [0.05, 0.1) is 0 Å². The lowest BCUT2D eigenvalue weighted by atomic mass is 9.96. The lowest BCUT2D eigenvalue weighted by Crippen LogP contribution is -1.90. The minimum atomic E-state index is -4.67. The molecule has 0 fully saturated rings. The normalized spacial score (nSPS) is 10.7. The van der Waals surface area contributed by atoms with Gasteiger partial charge in [0.25, 0.3) is 0 Å². The zero-order valence-corrected chi connectivity index (χ0v) is 13.1. The number of rotatable bonds is 4. The van der Waals surface area contributed by atoms with E-state index < -0.39 is 10.4 Å². The highest BCUT2D eigenvalue weighted by atomic mass is 32.3. The van der Waals surface area contributed by atoms with Gasteiger partial charge >= 0.3 is 10.4 Å². The van der Waals surface area contributed by atoms with Gasteiger partial charge in [-0.3, -0.25) is 9.11 Å². The molecule has 0 spiro atoms. The predicted molar refractivity (Wildman–Crippen MR) is 86.3 cm³/mol. The highest BCUT2D eigenvalue weighted by molar-refractivity contribution is 7.79. The van der Waals surface area contributed by atoms with Crippen molar-refractivity contribution in [2.45, 2.75) is 26.2 Å². The Balaban J connectivity index is 0.000000422. The van der Waals surface area contributed by atoms with Gasteiger partial charge in [-0.25, -0.2) is 0 Å². The van der Waals surface area contributed by atoms with Crippen LogP contribution >= 0.6 is 0 Å². The van der Waals surface area contributed by atoms with Crippen molar-refractivity contribution >= 4 is 10.4 Å². The third-order valence-electron chi connectivity index (χ3n) is 3.01. The maximum atomic E-state index is 9.91. The van der Waals surface area contributed by atoms with Crippen LogP contribution in [-0.2, 0) is 16.8 Å². The van der Waals surface area contributed by atoms with Gasteiger partial charge in [0.2, 0.25) is 0 Å². The molecule has 0 heterocycles. The Hall–Kier alpha value is -1.89. The molecule has 2 aromatic rings. The fraction of sp³-hybridized carbons (Fsp3) is 0.250. The van der Waals surface area contributed by atoms with Crippen molar-refractivity contribution in [2.75, 3.05) is 0 Å². The lowest BCUT2D eigenvalue weighted by Gasteiger charge is -2.10. The van der Waals surface area contributed by atoms with E-state index in [0.29, 0.717) is 5.75 Å². The fourth-order valence-electron chi connectivity index (χ4n) is 2.07. The van der Waals surface area contributed by atoms with Crippen molar-refractivity contribution < 1.29 is 22.6 Å². The second-order valence-electron chi connectivity index (χ2n) is 4.73. The van der Waals surface area contributed by atoms with Crippen molar-refractivity contribution in [1.82, 2.24) is 0 Å². The SMILES string of the molecule is CCCCc1ccccc1-c1ccccc1O.O=S(=O)(O)O. The first kappa shape index (κ1) is 18.2. The summed E-state index contributed by atoms with van der Waals surface area (Å²) in [7, 11) is -4.67. The molecular weight excluding hydrogens is 304 g/mol. The molecule has 6 heteroatoms. The Kier molecular flexibility index (Phi) is 7.04. The molecule has 0 aromatic heterocycles.